The highest BCUT2D eigenvalue weighted by atomic mass is 32.1. The van der Waals surface area contributed by atoms with E-state index in [0.29, 0.717) is 34.9 Å². The number of anilines is 1. The summed E-state index contributed by atoms with van der Waals surface area (Å²) in [6.07, 6.45) is 0. The van der Waals surface area contributed by atoms with Crippen LogP contribution in [0.25, 0.3) is 17.1 Å². The highest BCUT2D eigenvalue weighted by Gasteiger charge is 2.16. The molecule has 1 amide bonds. The van der Waals surface area contributed by atoms with Crippen LogP contribution in [0.2, 0.25) is 0 Å². The molecule has 0 fully saturated rings. The summed E-state index contributed by atoms with van der Waals surface area (Å²) in [5.74, 6) is 0.913. The van der Waals surface area contributed by atoms with Gasteiger partial charge in [-0.1, -0.05) is 55.8 Å². The van der Waals surface area contributed by atoms with Crippen molar-refractivity contribution in [1.82, 2.24) is 14.8 Å². The first-order valence-corrected chi connectivity index (χ1v) is 11.0. The van der Waals surface area contributed by atoms with Gasteiger partial charge < -0.3 is 10.1 Å². The molecule has 0 bridgehead atoms. The Kier molecular flexibility index (Phi) is 6.13. The Morgan fingerprint density at radius 2 is 1.94 bits per heavy atom. The van der Waals surface area contributed by atoms with Gasteiger partial charge in [0.15, 0.2) is 5.82 Å². The molecule has 1 N–H and O–H groups in total. The number of aromatic nitrogens is 3. The van der Waals surface area contributed by atoms with E-state index in [2.05, 4.69) is 29.2 Å². The number of nitrogens with one attached hydrogen (secondary N) is 1. The highest BCUT2D eigenvalue weighted by Crippen LogP contribution is 2.26. The second-order valence-electron chi connectivity index (χ2n) is 7.68. The summed E-state index contributed by atoms with van der Waals surface area (Å²) >= 11 is 1.41. The molecule has 2 aromatic heterocycles. The maximum atomic E-state index is 12.4. The molecule has 4 aromatic rings. The third-order valence-corrected chi connectivity index (χ3v) is 5.41. The Labute approximate surface area is 185 Å². The molecular formula is C24H24N4O2S. The van der Waals surface area contributed by atoms with Gasteiger partial charge in [-0.3, -0.25) is 4.79 Å². The Hall–Kier alpha value is -3.45. The number of aryl methyl sites for hydroxylation is 1. The van der Waals surface area contributed by atoms with Crippen LogP contribution < -0.4 is 10.1 Å². The molecule has 0 saturated heterocycles. The average molecular weight is 433 g/mol. The molecule has 31 heavy (non-hydrogen) atoms. The van der Waals surface area contributed by atoms with Crippen molar-refractivity contribution in [2.45, 2.75) is 20.8 Å². The molecule has 6 nitrogen and oxygen atoms in total. The zero-order chi connectivity index (χ0) is 21.8. The number of hydrogen-bond donors (Lipinski definition) is 1. The predicted octanol–water partition coefficient (Wildman–Crippen LogP) is 5.59. The number of amides is 1. The van der Waals surface area contributed by atoms with Crippen LogP contribution in [0.4, 0.5) is 5.69 Å². The molecular weight excluding hydrogens is 408 g/mol. The fourth-order valence-corrected chi connectivity index (χ4v) is 3.60. The smallest absolute Gasteiger partial charge is 0.336 e. The Bertz CT molecular complexity index is 1160. The molecule has 0 radical (unpaired) electrons. The summed E-state index contributed by atoms with van der Waals surface area (Å²) < 4.78 is 7.54. The van der Waals surface area contributed by atoms with Crippen LogP contribution in [0.5, 0.6) is 6.01 Å². The number of nitrogens with zero attached hydrogens (tertiary/aromatic N) is 3. The minimum absolute atomic E-state index is 0.134. The van der Waals surface area contributed by atoms with Gasteiger partial charge in [0, 0.05) is 11.3 Å². The van der Waals surface area contributed by atoms with Crippen molar-refractivity contribution in [2.24, 2.45) is 5.92 Å². The molecule has 2 heterocycles. The lowest BCUT2D eigenvalue weighted by molar-refractivity contribution is 0.103. The summed E-state index contributed by atoms with van der Waals surface area (Å²) in [4.78, 5) is 17.7. The second-order valence-corrected chi connectivity index (χ2v) is 8.63. The van der Waals surface area contributed by atoms with Crippen LogP contribution in [0.3, 0.4) is 0 Å². The quantitative estimate of drug-likeness (QED) is 0.413. The van der Waals surface area contributed by atoms with Gasteiger partial charge in [0.25, 0.3) is 5.91 Å². The minimum atomic E-state index is -0.134. The van der Waals surface area contributed by atoms with E-state index in [4.69, 9.17) is 4.74 Å². The first kappa shape index (κ1) is 20.8. The summed E-state index contributed by atoms with van der Waals surface area (Å²) in [6.45, 7) is 6.74. The van der Waals surface area contributed by atoms with Crippen LogP contribution in [0.15, 0.2) is 66.0 Å². The third-order valence-electron chi connectivity index (χ3n) is 4.54. The van der Waals surface area contributed by atoms with E-state index in [-0.39, 0.29) is 5.91 Å². The SMILES string of the molecule is Cc1ccc(-c2nc(OCC(C)C)nn2-c2cccc(NC(=O)c3cccs3)c2)cc1. The zero-order valence-corrected chi connectivity index (χ0v) is 18.5. The Morgan fingerprint density at radius 3 is 2.65 bits per heavy atom. The monoisotopic (exact) mass is 432 g/mol. The molecule has 0 unspecified atom stereocenters. The molecule has 0 aliphatic heterocycles. The van der Waals surface area contributed by atoms with E-state index in [1.54, 1.807) is 10.7 Å². The van der Waals surface area contributed by atoms with E-state index in [1.165, 1.54) is 16.9 Å². The Morgan fingerprint density at radius 1 is 1.13 bits per heavy atom. The number of benzene rings is 2. The van der Waals surface area contributed by atoms with Gasteiger partial charge >= 0.3 is 6.01 Å². The maximum absolute atomic E-state index is 12.4. The first-order valence-electron chi connectivity index (χ1n) is 10.1. The normalized spacial score (nSPS) is 11.0. The van der Waals surface area contributed by atoms with Gasteiger partial charge in [0.2, 0.25) is 0 Å². The van der Waals surface area contributed by atoms with E-state index in [0.717, 1.165) is 11.3 Å². The van der Waals surface area contributed by atoms with Crippen molar-refractivity contribution in [3.8, 4) is 23.1 Å². The van der Waals surface area contributed by atoms with Crippen molar-refractivity contribution in [3.05, 3.63) is 76.5 Å². The average Bonchev–Trinajstić information content (AvgIpc) is 3.43. The van der Waals surface area contributed by atoms with E-state index in [1.807, 2.05) is 66.9 Å². The molecule has 158 valence electrons. The van der Waals surface area contributed by atoms with Crippen LogP contribution in [0.1, 0.15) is 29.1 Å². The number of carbonyl (C=O) groups is 1. The lowest BCUT2D eigenvalue weighted by atomic mass is 10.1. The Balaban J connectivity index is 1.68. The van der Waals surface area contributed by atoms with Crippen molar-refractivity contribution < 1.29 is 9.53 Å². The maximum Gasteiger partial charge on any atom is 0.336 e. The second kappa shape index (κ2) is 9.14. The van der Waals surface area contributed by atoms with Gasteiger partial charge in [-0.25, -0.2) is 4.68 Å². The van der Waals surface area contributed by atoms with E-state index >= 15 is 0 Å². The highest BCUT2D eigenvalue weighted by molar-refractivity contribution is 7.12. The molecule has 2 aromatic carbocycles. The molecule has 7 heteroatoms. The largest absolute Gasteiger partial charge is 0.462 e. The van der Waals surface area contributed by atoms with Crippen molar-refractivity contribution >= 4 is 22.9 Å². The van der Waals surface area contributed by atoms with Crippen molar-refractivity contribution in [2.75, 3.05) is 11.9 Å². The first-order chi connectivity index (χ1) is 15.0. The molecule has 0 aliphatic carbocycles. The van der Waals surface area contributed by atoms with Crippen molar-refractivity contribution in [1.29, 1.82) is 0 Å². The topological polar surface area (TPSA) is 69.0 Å². The summed E-state index contributed by atoms with van der Waals surface area (Å²) in [5.41, 5.74) is 3.58. The molecule has 0 spiro atoms. The van der Waals surface area contributed by atoms with Crippen LogP contribution in [-0.2, 0) is 0 Å². The number of carbonyl (C=O) groups excluding carboxylic acids is 1. The third kappa shape index (κ3) is 5.00. The fraction of sp³-hybridized carbons (Fsp3) is 0.208. The van der Waals surface area contributed by atoms with Gasteiger partial charge in [-0.15, -0.1) is 16.4 Å². The van der Waals surface area contributed by atoms with Gasteiger partial charge in [0.1, 0.15) is 0 Å². The van der Waals surface area contributed by atoms with Gasteiger partial charge in [0.05, 0.1) is 17.2 Å². The minimum Gasteiger partial charge on any atom is -0.462 e. The number of hydrogen-bond acceptors (Lipinski definition) is 5. The molecule has 4 rings (SSSR count). The fourth-order valence-electron chi connectivity index (χ4n) is 2.98. The molecule has 0 saturated carbocycles. The summed E-state index contributed by atoms with van der Waals surface area (Å²) in [7, 11) is 0. The standard InChI is InChI=1S/C24H24N4O2S/c1-16(2)15-30-24-26-22(18-11-9-17(3)10-12-18)28(27-24)20-7-4-6-19(14-20)25-23(29)21-8-5-13-31-21/h4-14,16H,15H2,1-3H3,(H,25,29). The van der Waals surface area contributed by atoms with E-state index < -0.39 is 0 Å². The number of rotatable bonds is 7. The zero-order valence-electron chi connectivity index (χ0n) is 17.7. The van der Waals surface area contributed by atoms with Crippen molar-refractivity contribution in [3.63, 3.8) is 0 Å². The van der Waals surface area contributed by atoms with Gasteiger partial charge in [-0.2, -0.15) is 4.98 Å². The lowest BCUT2D eigenvalue weighted by Crippen LogP contribution is -2.10. The lowest BCUT2D eigenvalue weighted by Gasteiger charge is -2.09. The van der Waals surface area contributed by atoms with Crippen LogP contribution in [0, 0.1) is 12.8 Å². The van der Waals surface area contributed by atoms with Crippen LogP contribution >= 0.6 is 11.3 Å². The molecule has 0 aliphatic rings. The van der Waals surface area contributed by atoms with E-state index in [9.17, 15) is 4.79 Å². The summed E-state index contributed by atoms with van der Waals surface area (Å²) in [5, 5.41) is 9.42. The molecule has 0 atom stereocenters. The van der Waals surface area contributed by atoms with Gasteiger partial charge in [-0.05, 0) is 42.5 Å². The summed E-state index contributed by atoms with van der Waals surface area (Å²) in [6, 6.07) is 19.7. The van der Waals surface area contributed by atoms with Crippen LogP contribution in [-0.4, -0.2) is 27.3 Å². The number of ether oxygens (including phenoxy) is 1. The number of thiophene rings is 1. The predicted molar refractivity (Wildman–Crippen MR) is 124 cm³/mol.